The Bertz CT molecular complexity index is 1890. The first-order valence-corrected chi connectivity index (χ1v) is 15.8. The molecule has 13 nitrogen and oxygen atoms in total. The molecule has 3 aromatic rings. The molecule has 0 fully saturated rings. The Balaban J connectivity index is 1.54. The summed E-state index contributed by atoms with van der Waals surface area (Å²) in [6.45, 7) is 1.57. The second-order valence-electron chi connectivity index (χ2n) is 12.1. The lowest BCUT2D eigenvalue weighted by atomic mass is 9.84. The molecule has 13 heteroatoms. The normalized spacial score (nSPS) is 17.9. The number of phenolic OH excluding ortho intramolecular Hbond substituents is 2. The smallest absolute Gasteiger partial charge is 0.342 e. The standard InChI is InChI=1S/C35H39N3O10/c1-20-8-7-11-24(39)10-6-4-5-9-22-14-26(40)32(33(43)31(22)34(44)48-20)25(21-12-13-27-28(15-21)47-19-46-27)17-29(41)36-18-23-16-30(42)38(3)35(45)37(23)2/h5,9,12-16,20,25,40,43H,4,6-8,10-11,17-19H2,1-3H3,(H,36,41)/b9-5+/t20-,25?/m0/s1. The summed E-state index contributed by atoms with van der Waals surface area (Å²) in [5.74, 6) is -2.22. The first kappa shape index (κ1) is 34.0. The van der Waals surface area contributed by atoms with Crippen LogP contribution in [0.5, 0.6) is 23.0 Å². The number of aromatic hydroxyl groups is 2. The van der Waals surface area contributed by atoms with Crippen LogP contribution in [0.25, 0.3) is 6.08 Å². The average molecular weight is 662 g/mol. The number of ketones is 1. The highest BCUT2D eigenvalue weighted by Crippen LogP contribution is 2.46. The van der Waals surface area contributed by atoms with E-state index in [0.29, 0.717) is 55.6 Å². The lowest BCUT2D eigenvalue weighted by Crippen LogP contribution is -2.39. The summed E-state index contributed by atoms with van der Waals surface area (Å²) in [5.41, 5.74) is -0.342. The Kier molecular flexibility index (Phi) is 10.4. The molecular weight excluding hydrogens is 622 g/mol. The number of fused-ring (bicyclic) bond motifs is 2. The van der Waals surface area contributed by atoms with E-state index >= 15 is 0 Å². The molecule has 3 N–H and O–H groups in total. The van der Waals surface area contributed by atoms with Crippen LogP contribution in [-0.2, 0) is 35.0 Å². The zero-order valence-corrected chi connectivity index (χ0v) is 27.1. The number of nitrogens with zero attached hydrogens (tertiary/aromatic N) is 2. The molecule has 2 aliphatic heterocycles. The van der Waals surface area contributed by atoms with Gasteiger partial charge < -0.3 is 29.7 Å². The number of rotatable bonds is 6. The quantitative estimate of drug-likeness (QED) is 0.332. The van der Waals surface area contributed by atoms with Crippen LogP contribution in [0.1, 0.15) is 90.5 Å². The van der Waals surface area contributed by atoms with Crippen molar-refractivity contribution in [3.05, 3.63) is 85.2 Å². The Morgan fingerprint density at radius 3 is 2.54 bits per heavy atom. The molecule has 2 atom stereocenters. The van der Waals surface area contributed by atoms with Gasteiger partial charge >= 0.3 is 11.7 Å². The molecule has 3 heterocycles. The molecule has 2 aliphatic rings. The van der Waals surface area contributed by atoms with E-state index in [1.165, 1.54) is 30.8 Å². The summed E-state index contributed by atoms with van der Waals surface area (Å²) in [4.78, 5) is 63.8. The fourth-order valence-corrected chi connectivity index (χ4v) is 5.93. The first-order chi connectivity index (χ1) is 22.9. The summed E-state index contributed by atoms with van der Waals surface area (Å²) < 4.78 is 18.9. The van der Waals surface area contributed by atoms with Gasteiger partial charge in [-0.3, -0.25) is 23.5 Å². The van der Waals surface area contributed by atoms with Crippen LogP contribution in [0.2, 0.25) is 0 Å². The number of aromatic nitrogens is 2. The summed E-state index contributed by atoms with van der Waals surface area (Å²) in [7, 11) is 2.84. The van der Waals surface area contributed by atoms with Crippen molar-refractivity contribution in [2.24, 2.45) is 14.1 Å². The maximum atomic E-state index is 13.6. The fourth-order valence-electron chi connectivity index (χ4n) is 5.93. The molecule has 48 heavy (non-hydrogen) atoms. The Morgan fingerprint density at radius 2 is 1.75 bits per heavy atom. The number of ether oxygens (including phenoxy) is 3. The average Bonchev–Trinajstić information content (AvgIpc) is 3.51. The maximum absolute atomic E-state index is 13.6. The molecule has 254 valence electrons. The van der Waals surface area contributed by atoms with Crippen molar-refractivity contribution in [3.63, 3.8) is 0 Å². The Morgan fingerprint density at radius 1 is 1.00 bits per heavy atom. The minimum atomic E-state index is -0.995. The monoisotopic (exact) mass is 661 g/mol. The number of benzene rings is 2. The third-order valence-corrected chi connectivity index (χ3v) is 8.68. The van der Waals surface area contributed by atoms with E-state index in [4.69, 9.17) is 14.2 Å². The predicted molar refractivity (Wildman–Crippen MR) is 174 cm³/mol. The number of hydrogen-bond donors (Lipinski definition) is 3. The fraction of sp³-hybridized carbons (Fsp3) is 0.400. The number of carbonyl (C=O) groups excluding carboxylic acids is 3. The van der Waals surface area contributed by atoms with Crippen LogP contribution >= 0.6 is 0 Å². The third kappa shape index (κ3) is 7.45. The zero-order chi connectivity index (χ0) is 34.5. The van der Waals surface area contributed by atoms with E-state index in [0.717, 1.165) is 4.57 Å². The second-order valence-corrected chi connectivity index (χ2v) is 12.1. The summed E-state index contributed by atoms with van der Waals surface area (Å²) in [6, 6.07) is 7.55. The number of amides is 1. The Hall–Kier alpha value is -5.33. The van der Waals surface area contributed by atoms with E-state index in [-0.39, 0.29) is 53.7 Å². The summed E-state index contributed by atoms with van der Waals surface area (Å²) in [6.07, 6.45) is 5.48. The van der Waals surface area contributed by atoms with Gasteiger partial charge in [0.1, 0.15) is 22.8 Å². The lowest BCUT2D eigenvalue weighted by molar-refractivity contribution is -0.121. The topological polar surface area (TPSA) is 175 Å². The minimum absolute atomic E-state index is 0.000930. The van der Waals surface area contributed by atoms with Crippen molar-refractivity contribution < 1.29 is 38.8 Å². The van der Waals surface area contributed by atoms with E-state index in [9.17, 15) is 34.2 Å². The van der Waals surface area contributed by atoms with E-state index in [1.54, 1.807) is 37.3 Å². The number of Topliss-reactive ketones (excluding diaryl/α,β-unsaturated/α-hetero) is 1. The van der Waals surface area contributed by atoms with Gasteiger partial charge in [0.25, 0.3) is 5.56 Å². The van der Waals surface area contributed by atoms with E-state index in [1.807, 2.05) is 0 Å². The molecular formula is C35H39N3O10. The van der Waals surface area contributed by atoms with E-state index in [2.05, 4.69) is 5.32 Å². The number of allylic oxidation sites excluding steroid dienone is 1. The van der Waals surface area contributed by atoms with Gasteiger partial charge in [0.15, 0.2) is 11.5 Å². The van der Waals surface area contributed by atoms with Gasteiger partial charge in [0, 0.05) is 56.6 Å². The maximum Gasteiger partial charge on any atom is 0.342 e. The van der Waals surface area contributed by atoms with Gasteiger partial charge in [-0.25, -0.2) is 9.59 Å². The van der Waals surface area contributed by atoms with Crippen molar-refractivity contribution >= 4 is 23.7 Å². The number of phenols is 2. The number of esters is 1. The molecule has 0 aliphatic carbocycles. The number of cyclic esters (lactones) is 1. The molecule has 0 bridgehead atoms. The van der Waals surface area contributed by atoms with Crippen molar-refractivity contribution in [2.75, 3.05) is 6.79 Å². The summed E-state index contributed by atoms with van der Waals surface area (Å²) in [5, 5.41) is 25.9. The molecule has 5 rings (SSSR count). The lowest BCUT2D eigenvalue weighted by Gasteiger charge is -2.23. The molecule has 0 saturated heterocycles. The number of hydrogen-bond acceptors (Lipinski definition) is 10. The van der Waals surface area contributed by atoms with Crippen LogP contribution < -0.4 is 26.0 Å². The Labute approximate surface area is 276 Å². The second kappa shape index (κ2) is 14.6. The van der Waals surface area contributed by atoms with Crippen molar-refractivity contribution in [1.82, 2.24) is 14.5 Å². The molecule has 0 spiro atoms. The highest BCUT2D eigenvalue weighted by Gasteiger charge is 2.32. The van der Waals surface area contributed by atoms with Crippen LogP contribution in [-0.4, -0.2) is 49.9 Å². The van der Waals surface area contributed by atoms with Crippen molar-refractivity contribution in [3.8, 4) is 23.0 Å². The van der Waals surface area contributed by atoms with Gasteiger partial charge in [0.05, 0.1) is 12.6 Å². The van der Waals surface area contributed by atoms with E-state index < -0.39 is 40.9 Å². The van der Waals surface area contributed by atoms with Crippen molar-refractivity contribution in [2.45, 2.75) is 70.4 Å². The SMILES string of the molecule is C[C@H]1CCCC(=O)CCC/C=C/c2cc(O)c(C(CC(=O)NCc3cc(=O)n(C)c(=O)n3C)c3ccc4c(c3)OCO4)c(O)c2C(=O)O1. The van der Waals surface area contributed by atoms with Gasteiger partial charge in [-0.05, 0) is 61.9 Å². The summed E-state index contributed by atoms with van der Waals surface area (Å²) >= 11 is 0. The van der Waals surface area contributed by atoms with Crippen molar-refractivity contribution in [1.29, 1.82) is 0 Å². The van der Waals surface area contributed by atoms with Crippen LogP contribution in [0, 0.1) is 0 Å². The van der Waals surface area contributed by atoms with Gasteiger partial charge in [0.2, 0.25) is 12.7 Å². The van der Waals surface area contributed by atoms with Gasteiger partial charge in [-0.1, -0.05) is 18.2 Å². The molecule has 1 amide bonds. The van der Waals surface area contributed by atoms with Crippen LogP contribution in [0.3, 0.4) is 0 Å². The number of carbonyl (C=O) groups is 3. The molecule has 0 radical (unpaired) electrons. The largest absolute Gasteiger partial charge is 0.507 e. The first-order valence-electron chi connectivity index (χ1n) is 15.8. The van der Waals surface area contributed by atoms with Gasteiger partial charge in [-0.2, -0.15) is 0 Å². The van der Waals surface area contributed by atoms with Crippen LogP contribution in [0.15, 0.2) is 46.0 Å². The third-order valence-electron chi connectivity index (χ3n) is 8.68. The number of nitrogens with one attached hydrogen (secondary N) is 1. The zero-order valence-electron chi connectivity index (χ0n) is 27.1. The minimum Gasteiger partial charge on any atom is -0.507 e. The molecule has 1 aromatic heterocycles. The highest BCUT2D eigenvalue weighted by molar-refractivity contribution is 5.98. The molecule has 1 unspecified atom stereocenters. The van der Waals surface area contributed by atoms with Crippen LogP contribution in [0.4, 0.5) is 0 Å². The predicted octanol–water partition coefficient (Wildman–Crippen LogP) is 3.54. The highest BCUT2D eigenvalue weighted by atomic mass is 16.7. The molecule has 0 saturated carbocycles. The van der Waals surface area contributed by atoms with Gasteiger partial charge in [-0.15, -0.1) is 0 Å². The molecule has 2 aromatic carbocycles.